The van der Waals surface area contributed by atoms with Gasteiger partial charge in [-0.3, -0.25) is 19.2 Å². The normalized spacial score (nSPS) is 19.0. The molecule has 0 aromatic rings. The van der Waals surface area contributed by atoms with Gasteiger partial charge in [-0.05, 0) is 19.8 Å². The molecule has 1 aliphatic heterocycles. The number of likely N-dealkylation sites (tertiary alicyclic amines) is 1. The second kappa shape index (κ2) is 11.9. The number of nitrogens with zero attached hydrogens (tertiary/aromatic N) is 1. The number of carboxylic acids is 1. The smallest absolute Gasteiger partial charge is 0.327 e. The number of carbonyl (C=O) groups is 5. The first kappa shape index (κ1) is 25.0. The fourth-order valence-electron chi connectivity index (χ4n) is 2.68. The summed E-state index contributed by atoms with van der Waals surface area (Å²) in [5.74, 6) is -3.37. The fourth-order valence-corrected chi connectivity index (χ4v) is 3.09. The summed E-state index contributed by atoms with van der Waals surface area (Å²) in [5.41, 5.74) is 5.52. The molecule has 0 saturated carbocycles. The first-order valence-electron chi connectivity index (χ1n) is 9.00. The maximum Gasteiger partial charge on any atom is 0.327 e. The van der Waals surface area contributed by atoms with Gasteiger partial charge < -0.3 is 31.7 Å². The summed E-state index contributed by atoms with van der Waals surface area (Å²) in [6, 6.07) is -3.74. The van der Waals surface area contributed by atoms with Crippen LogP contribution in [-0.4, -0.2) is 88.4 Å². The number of carboxylic acid groups (broad SMARTS) is 1. The molecule has 0 aromatic carbocycles. The van der Waals surface area contributed by atoms with Crippen molar-refractivity contribution >= 4 is 54.9 Å². The molecule has 164 valence electrons. The van der Waals surface area contributed by atoms with E-state index in [1.54, 1.807) is 0 Å². The zero-order chi connectivity index (χ0) is 22.1. The Morgan fingerprint density at radius 2 is 1.79 bits per heavy atom. The monoisotopic (exact) mass is 449 g/mol. The van der Waals surface area contributed by atoms with E-state index in [2.05, 4.69) is 41.2 Å². The van der Waals surface area contributed by atoms with Crippen molar-refractivity contribution in [3.63, 3.8) is 0 Å². The van der Waals surface area contributed by atoms with Crippen LogP contribution in [0.2, 0.25) is 0 Å². The largest absolute Gasteiger partial charge is 0.480 e. The average molecular weight is 450 g/mol. The van der Waals surface area contributed by atoms with Gasteiger partial charge in [-0.2, -0.15) is 25.3 Å². The molecule has 1 fully saturated rings. The van der Waals surface area contributed by atoms with Crippen molar-refractivity contribution in [2.75, 3.05) is 24.6 Å². The van der Waals surface area contributed by atoms with Gasteiger partial charge in [0.15, 0.2) is 0 Å². The van der Waals surface area contributed by atoms with Gasteiger partial charge in [-0.15, -0.1) is 0 Å². The molecule has 0 spiro atoms. The van der Waals surface area contributed by atoms with Crippen molar-refractivity contribution in [1.29, 1.82) is 0 Å². The Labute approximate surface area is 179 Å². The first-order chi connectivity index (χ1) is 13.6. The summed E-state index contributed by atoms with van der Waals surface area (Å²) in [7, 11) is 0. The number of nitrogens with one attached hydrogen (secondary N) is 3. The molecule has 4 amide bonds. The SMILES string of the molecule is C[C@H](NC(=O)[C@@H](N)CS)C(=O)NCC(=O)N1CCC[C@H]1C(=O)N[C@@H](CS)C(=O)O. The molecule has 4 atom stereocenters. The third-order valence-electron chi connectivity index (χ3n) is 4.37. The Morgan fingerprint density at radius 3 is 2.34 bits per heavy atom. The first-order valence-corrected chi connectivity index (χ1v) is 10.3. The van der Waals surface area contributed by atoms with Crippen LogP contribution < -0.4 is 21.7 Å². The van der Waals surface area contributed by atoms with E-state index >= 15 is 0 Å². The summed E-state index contributed by atoms with van der Waals surface area (Å²) in [5, 5.41) is 16.2. The van der Waals surface area contributed by atoms with Crippen LogP contribution in [0, 0.1) is 0 Å². The lowest BCUT2D eigenvalue weighted by molar-refractivity contribution is -0.143. The maximum absolute atomic E-state index is 12.4. The minimum atomic E-state index is -1.22. The van der Waals surface area contributed by atoms with Gasteiger partial charge in [-0.25, -0.2) is 4.79 Å². The van der Waals surface area contributed by atoms with Gasteiger partial charge >= 0.3 is 5.97 Å². The van der Waals surface area contributed by atoms with E-state index in [9.17, 15) is 24.0 Å². The highest BCUT2D eigenvalue weighted by molar-refractivity contribution is 7.80. The zero-order valence-corrected chi connectivity index (χ0v) is 17.7. The van der Waals surface area contributed by atoms with Crippen LogP contribution in [0.5, 0.6) is 0 Å². The zero-order valence-electron chi connectivity index (χ0n) is 16.0. The molecule has 29 heavy (non-hydrogen) atoms. The highest BCUT2D eigenvalue weighted by atomic mass is 32.1. The summed E-state index contributed by atoms with van der Waals surface area (Å²) in [6.07, 6.45) is 0.961. The summed E-state index contributed by atoms with van der Waals surface area (Å²) < 4.78 is 0. The number of aliphatic carboxylic acids is 1. The van der Waals surface area contributed by atoms with Crippen molar-refractivity contribution in [3.8, 4) is 0 Å². The van der Waals surface area contributed by atoms with Crippen LogP contribution >= 0.6 is 25.3 Å². The van der Waals surface area contributed by atoms with Crippen LogP contribution in [-0.2, 0) is 24.0 Å². The molecule has 0 aromatic heterocycles. The summed E-state index contributed by atoms with van der Waals surface area (Å²) in [6.45, 7) is 1.39. The lowest BCUT2D eigenvalue weighted by atomic mass is 10.2. The number of carbonyl (C=O) groups excluding carboxylic acids is 4. The molecule has 1 aliphatic rings. The molecule has 6 N–H and O–H groups in total. The molecule has 0 unspecified atom stereocenters. The van der Waals surface area contributed by atoms with Gasteiger partial charge in [0.2, 0.25) is 23.6 Å². The molecule has 0 bridgehead atoms. The minimum Gasteiger partial charge on any atom is -0.480 e. The average Bonchev–Trinajstić information content (AvgIpc) is 3.18. The van der Waals surface area contributed by atoms with E-state index in [-0.39, 0.29) is 18.1 Å². The Morgan fingerprint density at radius 1 is 1.14 bits per heavy atom. The molecule has 13 heteroatoms. The minimum absolute atomic E-state index is 0.0850. The van der Waals surface area contributed by atoms with Crippen molar-refractivity contribution in [1.82, 2.24) is 20.9 Å². The lowest BCUT2D eigenvalue weighted by Gasteiger charge is -2.25. The third-order valence-corrected chi connectivity index (χ3v) is 5.13. The van der Waals surface area contributed by atoms with Gasteiger partial charge in [-0.1, -0.05) is 0 Å². The van der Waals surface area contributed by atoms with Gasteiger partial charge in [0.05, 0.1) is 12.6 Å². The quantitative estimate of drug-likeness (QED) is 0.179. The summed E-state index contributed by atoms with van der Waals surface area (Å²) in [4.78, 5) is 60.9. The highest BCUT2D eigenvalue weighted by Gasteiger charge is 2.35. The van der Waals surface area contributed by atoms with Crippen molar-refractivity contribution in [2.24, 2.45) is 5.73 Å². The van der Waals surface area contributed by atoms with Gasteiger partial charge in [0, 0.05) is 18.1 Å². The Balaban J connectivity index is 2.57. The molecule has 11 nitrogen and oxygen atoms in total. The Bertz CT molecular complexity index is 649. The number of nitrogens with two attached hydrogens (primary N) is 1. The van der Waals surface area contributed by atoms with Crippen molar-refractivity contribution < 1.29 is 29.1 Å². The van der Waals surface area contributed by atoms with Crippen LogP contribution in [0.25, 0.3) is 0 Å². The van der Waals surface area contributed by atoms with Crippen LogP contribution in [0.4, 0.5) is 0 Å². The maximum atomic E-state index is 12.4. The van der Waals surface area contributed by atoms with E-state index < -0.39 is 53.8 Å². The topological polar surface area (TPSA) is 171 Å². The van der Waals surface area contributed by atoms with Crippen LogP contribution in [0.1, 0.15) is 19.8 Å². The summed E-state index contributed by atoms with van der Waals surface area (Å²) >= 11 is 7.79. The number of amides is 4. The van der Waals surface area contributed by atoms with E-state index in [0.717, 1.165) is 0 Å². The van der Waals surface area contributed by atoms with Crippen LogP contribution in [0.15, 0.2) is 0 Å². The van der Waals surface area contributed by atoms with E-state index in [4.69, 9.17) is 10.8 Å². The Hall–Kier alpha value is -1.99. The lowest BCUT2D eigenvalue weighted by Crippen LogP contribution is -2.54. The van der Waals surface area contributed by atoms with Crippen molar-refractivity contribution in [3.05, 3.63) is 0 Å². The molecule has 0 aliphatic carbocycles. The number of rotatable bonds is 10. The molecule has 1 saturated heterocycles. The number of hydrogen-bond acceptors (Lipinski definition) is 8. The second-order valence-corrected chi connectivity index (χ2v) is 7.29. The number of hydrogen-bond donors (Lipinski definition) is 7. The van der Waals surface area contributed by atoms with Crippen molar-refractivity contribution in [2.45, 2.75) is 43.9 Å². The predicted octanol–water partition coefficient (Wildman–Crippen LogP) is -2.65. The van der Waals surface area contributed by atoms with E-state index in [1.165, 1.54) is 11.8 Å². The van der Waals surface area contributed by atoms with Gasteiger partial charge in [0.25, 0.3) is 0 Å². The molecule has 1 rings (SSSR count). The van der Waals surface area contributed by atoms with Gasteiger partial charge in [0.1, 0.15) is 18.1 Å². The van der Waals surface area contributed by atoms with Crippen LogP contribution in [0.3, 0.4) is 0 Å². The Kier molecular flexibility index (Phi) is 10.3. The van der Waals surface area contributed by atoms with E-state index in [0.29, 0.717) is 19.4 Å². The predicted molar refractivity (Wildman–Crippen MR) is 111 cm³/mol. The number of thiol groups is 2. The second-order valence-electron chi connectivity index (χ2n) is 6.56. The molecule has 1 heterocycles. The standard InChI is InChI=1S/C16H27N5O6S2/c1-8(19-14(24)9(17)6-28)13(23)18-5-12(22)21-4-2-3-11(21)15(25)20-10(7-29)16(26)27/h8-11,28-29H,2-7,17H2,1H3,(H,18,23)(H,19,24)(H,20,25)(H,26,27)/t8-,9-,10-,11-/m0/s1. The fraction of sp³-hybridized carbons (Fsp3) is 0.688. The van der Waals surface area contributed by atoms with E-state index in [1.807, 2.05) is 0 Å². The molecule has 0 radical (unpaired) electrons. The third kappa shape index (κ3) is 7.40. The highest BCUT2D eigenvalue weighted by Crippen LogP contribution is 2.17. The molecular weight excluding hydrogens is 422 g/mol. The molecular formula is C16H27N5O6S2.